The number of H-pyrrole nitrogens is 2. The van der Waals surface area contributed by atoms with Crippen LogP contribution in [0.2, 0.25) is 5.02 Å². The van der Waals surface area contributed by atoms with Crippen LogP contribution in [-0.2, 0) is 0 Å². The van der Waals surface area contributed by atoms with Crippen LogP contribution < -0.4 is 16.1 Å². The average molecular weight is 363 g/mol. The molecule has 0 spiro atoms. The van der Waals surface area contributed by atoms with Crippen LogP contribution in [0.1, 0.15) is 5.56 Å². The van der Waals surface area contributed by atoms with Gasteiger partial charge in [-0.2, -0.15) is 5.10 Å². The molecule has 0 bridgehead atoms. The Morgan fingerprint density at radius 2 is 1.92 bits per heavy atom. The largest absolute Gasteiger partial charge is 0.291 e. The molecule has 2 N–H and O–H groups in total. The standard InChI is InChI=1S/C20H15ClN4O/c1-13-18(20(26)25(24-13)17-9-5-8-16(21)11-17)10-15-12-22-23-19(15)14-6-3-2-4-7-14/h2-12,24H,1H2,(H,22,23)/b18-10-. The van der Waals surface area contributed by atoms with Gasteiger partial charge in [-0.1, -0.05) is 54.6 Å². The minimum atomic E-state index is -0.197. The Labute approximate surface area is 153 Å². The number of hydrogen-bond donors (Lipinski definition) is 2. The summed E-state index contributed by atoms with van der Waals surface area (Å²) < 4.78 is 1.43. The molecule has 0 amide bonds. The first-order chi connectivity index (χ1) is 12.6. The highest BCUT2D eigenvalue weighted by Crippen LogP contribution is 2.20. The van der Waals surface area contributed by atoms with Crippen LogP contribution in [0.3, 0.4) is 0 Å². The molecule has 2 aromatic carbocycles. The van der Waals surface area contributed by atoms with Gasteiger partial charge in [-0.15, -0.1) is 0 Å². The van der Waals surface area contributed by atoms with Crippen LogP contribution in [0.5, 0.6) is 0 Å². The summed E-state index contributed by atoms with van der Waals surface area (Å²) in [6.07, 6.45) is 3.48. The smallest absolute Gasteiger partial charge is 0.279 e. The maximum atomic E-state index is 12.9. The molecule has 26 heavy (non-hydrogen) atoms. The zero-order valence-corrected chi connectivity index (χ0v) is 14.5. The molecular formula is C20H15ClN4O. The van der Waals surface area contributed by atoms with E-state index >= 15 is 0 Å². The quantitative estimate of drug-likeness (QED) is 0.588. The number of nitrogens with one attached hydrogen (secondary N) is 2. The van der Waals surface area contributed by atoms with Gasteiger partial charge in [0.1, 0.15) is 0 Å². The van der Waals surface area contributed by atoms with E-state index in [-0.39, 0.29) is 5.56 Å². The second-order valence-corrected chi connectivity index (χ2v) is 6.27. The van der Waals surface area contributed by atoms with E-state index in [2.05, 4.69) is 21.9 Å². The van der Waals surface area contributed by atoms with Crippen molar-refractivity contribution in [2.75, 3.05) is 0 Å². The number of aromatic amines is 2. The molecule has 0 aliphatic rings. The average Bonchev–Trinajstić information content (AvgIpc) is 3.22. The fourth-order valence-electron chi connectivity index (χ4n) is 2.84. The van der Waals surface area contributed by atoms with Crippen LogP contribution in [0.15, 0.2) is 65.6 Å². The molecule has 4 aromatic rings. The summed E-state index contributed by atoms with van der Waals surface area (Å²) in [4.78, 5) is 12.9. The lowest BCUT2D eigenvalue weighted by Gasteiger charge is -2.00. The van der Waals surface area contributed by atoms with Gasteiger partial charge in [0.05, 0.1) is 28.1 Å². The maximum absolute atomic E-state index is 12.9. The van der Waals surface area contributed by atoms with Crippen molar-refractivity contribution in [3.63, 3.8) is 0 Å². The summed E-state index contributed by atoms with van der Waals surface area (Å²) in [6, 6.07) is 16.9. The third-order valence-electron chi connectivity index (χ3n) is 4.10. The highest BCUT2D eigenvalue weighted by molar-refractivity contribution is 6.30. The van der Waals surface area contributed by atoms with E-state index in [1.807, 2.05) is 30.3 Å². The Bertz CT molecular complexity index is 1230. The van der Waals surface area contributed by atoms with E-state index in [0.29, 0.717) is 21.3 Å². The molecule has 2 heterocycles. The van der Waals surface area contributed by atoms with Gasteiger partial charge in [0.2, 0.25) is 0 Å². The van der Waals surface area contributed by atoms with Crippen LogP contribution in [-0.4, -0.2) is 20.0 Å². The summed E-state index contributed by atoms with van der Waals surface area (Å²) in [7, 11) is 0. The minimum Gasteiger partial charge on any atom is -0.291 e. The predicted molar refractivity (Wildman–Crippen MR) is 104 cm³/mol. The molecule has 0 aliphatic heterocycles. The second kappa shape index (κ2) is 6.54. The Balaban J connectivity index is 1.88. The number of rotatable bonds is 3. The fourth-order valence-corrected chi connectivity index (χ4v) is 3.02. The van der Waals surface area contributed by atoms with E-state index in [1.165, 1.54) is 4.68 Å². The van der Waals surface area contributed by atoms with Crippen molar-refractivity contribution in [2.45, 2.75) is 0 Å². The van der Waals surface area contributed by atoms with Crippen LogP contribution in [0.4, 0.5) is 0 Å². The Morgan fingerprint density at radius 3 is 2.69 bits per heavy atom. The van der Waals surface area contributed by atoms with E-state index in [1.54, 1.807) is 36.5 Å². The lowest BCUT2D eigenvalue weighted by atomic mass is 10.1. The van der Waals surface area contributed by atoms with Crippen molar-refractivity contribution in [3.05, 3.63) is 92.3 Å². The van der Waals surface area contributed by atoms with Crippen LogP contribution in [0.25, 0.3) is 29.6 Å². The first-order valence-corrected chi connectivity index (χ1v) is 8.38. The van der Waals surface area contributed by atoms with Gasteiger partial charge < -0.3 is 0 Å². The molecule has 0 radical (unpaired) electrons. The molecular weight excluding hydrogens is 348 g/mol. The maximum Gasteiger partial charge on any atom is 0.279 e. The van der Waals surface area contributed by atoms with E-state index < -0.39 is 0 Å². The van der Waals surface area contributed by atoms with Gasteiger partial charge in [0, 0.05) is 16.1 Å². The first kappa shape index (κ1) is 16.2. The van der Waals surface area contributed by atoms with Crippen LogP contribution in [0, 0.1) is 0 Å². The monoisotopic (exact) mass is 362 g/mol. The van der Waals surface area contributed by atoms with E-state index in [9.17, 15) is 4.79 Å². The number of halogens is 1. The SMILES string of the molecule is C=c1[nH]n(-c2cccc(Cl)c2)c(=O)/c1=C\c1cn[nH]c1-c1ccccc1. The molecule has 2 aromatic heterocycles. The minimum absolute atomic E-state index is 0.197. The van der Waals surface area contributed by atoms with Gasteiger partial charge in [0.25, 0.3) is 5.56 Å². The lowest BCUT2D eigenvalue weighted by molar-refractivity contribution is 0.838. The molecule has 0 saturated heterocycles. The molecule has 6 heteroatoms. The summed E-state index contributed by atoms with van der Waals surface area (Å²) in [5.41, 5.74) is 3.11. The van der Waals surface area contributed by atoms with Gasteiger partial charge in [-0.3, -0.25) is 15.0 Å². The van der Waals surface area contributed by atoms with Crippen molar-refractivity contribution in [3.8, 4) is 16.9 Å². The summed E-state index contributed by atoms with van der Waals surface area (Å²) >= 11 is 6.03. The van der Waals surface area contributed by atoms with Crippen molar-refractivity contribution < 1.29 is 0 Å². The lowest BCUT2D eigenvalue weighted by Crippen LogP contribution is -2.33. The van der Waals surface area contributed by atoms with E-state index in [0.717, 1.165) is 16.8 Å². The number of nitrogens with zero attached hydrogens (tertiary/aromatic N) is 2. The normalized spacial score (nSPS) is 11.8. The predicted octanol–water partition coefficient (Wildman–Crippen LogP) is 2.45. The van der Waals surface area contributed by atoms with Gasteiger partial charge >= 0.3 is 0 Å². The van der Waals surface area contributed by atoms with Gasteiger partial charge in [-0.05, 0) is 24.3 Å². The highest BCUT2D eigenvalue weighted by Gasteiger charge is 2.09. The molecule has 128 valence electrons. The topological polar surface area (TPSA) is 66.5 Å². The fraction of sp³-hybridized carbons (Fsp3) is 0. The Morgan fingerprint density at radius 1 is 1.12 bits per heavy atom. The molecule has 0 unspecified atom stereocenters. The van der Waals surface area contributed by atoms with Crippen molar-refractivity contribution >= 4 is 24.3 Å². The molecule has 0 saturated carbocycles. The van der Waals surface area contributed by atoms with Gasteiger partial charge in [-0.25, -0.2) is 4.68 Å². The Hall–Kier alpha value is -3.31. The summed E-state index contributed by atoms with van der Waals surface area (Å²) in [6.45, 7) is 3.96. The number of benzene rings is 2. The van der Waals surface area contributed by atoms with Gasteiger partial charge in [0.15, 0.2) is 0 Å². The molecule has 0 atom stereocenters. The molecule has 5 nitrogen and oxygen atoms in total. The first-order valence-electron chi connectivity index (χ1n) is 8.00. The second-order valence-electron chi connectivity index (χ2n) is 5.84. The summed E-state index contributed by atoms with van der Waals surface area (Å²) in [5.74, 6) is 0. The third kappa shape index (κ3) is 2.89. The number of aromatic nitrogens is 4. The van der Waals surface area contributed by atoms with Crippen molar-refractivity contribution in [1.82, 2.24) is 20.0 Å². The van der Waals surface area contributed by atoms with E-state index in [4.69, 9.17) is 11.6 Å². The number of hydrogen-bond acceptors (Lipinski definition) is 2. The zero-order valence-electron chi connectivity index (χ0n) is 13.7. The Kier molecular flexibility index (Phi) is 4.07. The van der Waals surface area contributed by atoms with Crippen molar-refractivity contribution in [2.24, 2.45) is 0 Å². The van der Waals surface area contributed by atoms with Crippen molar-refractivity contribution in [1.29, 1.82) is 0 Å². The zero-order chi connectivity index (χ0) is 18.1. The molecule has 4 rings (SSSR count). The third-order valence-corrected chi connectivity index (χ3v) is 4.34. The highest BCUT2D eigenvalue weighted by atomic mass is 35.5. The summed E-state index contributed by atoms with van der Waals surface area (Å²) in [5, 5.41) is 11.7. The molecule has 0 aliphatic carbocycles. The van der Waals surface area contributed by atoms with Crippen LogP contribution >= 0.6 is 11.6 Å². The molecule has 0 fully saturated rings.